The summed E-state index contributed by atoms with van der Waals surface area (Å²) in [4.78, 5) is 38.7. The van der Waals surface area contributed by atoms with E-state index in [2.05, 4.69) is 5.32 Å². The Balaban J connectivity index is 2.08. The highest BCUT2D eigenvalue weighted by molar-refractivity contribution is 5.93. The first kappa shape index (κ1) is 12.9. The normalized spacial score (nSPS) is 28.6. The van der Waals surface area contributed by atoms with Crippen molar-refractivity contribution < 1.29 is 14.4 Å². The van der Waals surface area contributed by atoms with Crippen LogP contribution in [0.5, 0.6) is 0 Å². The first-order valence-corrected chi connectivity index (χ1v) is 6.36. The van der Waals surface area contributed by atoms with Crippen LogP contribution in [0, 0.1) is 5.92 Å². The maximum absolute atomic E-state index is 12.4. The smallest absolute Gasteiger partial charge is 0.242 e. The van der Waals surface area contributed by atoms with Crippen LogP contribution in [0.25, 0.3) is 0 Å². The Labute approximate surface area is 106 Å². The highest BCUT2D eigenvalue weighted by atomic mass is 16.2. The Morgan fingerprint density at radius 1 is 1.44 bits per heavy atom. The standard InChI is InChI=1S/C12H19N3O3/c1-3-9-11(17)13-4-5-15(9)12(18)8-6-10(16)14(2)7-8/h8-9H,3-7H2,1-2H3,(H,13,17). The van der Waals surface area contributed by atoms with Crippen molar-refractivity contribution in [3.8, 4) is 0 Å². The van der Waals surface area contributed by atoms with E-state index in [-0.39, 0.29) is 36.1 Å². The molecule has 2 aliphatic rings. The van der Waals surface area contributed by atoms with Crippen LogP contribution in [0.3, 0.4) is 0 Å². The van der Waals surface area contributed by atoms with E-state index in [0.717, 1.165) is 0 Å². The summed E-state index contributed by atoms with van der Waals surface area (Å²) >= 11 is 0. The van der Waals surface area contributed by atoms with Crippen LogP contribution in [0.1, 0.15) is 19.8 Å². The highest BCUT2D eigenvalue weighted by Gasteiger charge is 2.39. The predicted molar refractivity (Wildman–Crippen MR) is 64.5 cm³/mol. The van der Waals surface area contributed by atoms with E-state index in [0.29, 0.717) is 26.1 Å². The van der Waals surface area contributed by atoms with Gasteiger partial charge in [0, 0.05) is 33.1 Å². The Morgan fingerprint density at radius 2 is 2.17 bits per heavy atom. The number of likely N-dealkylation sites (tertiary alicyclic amines) is 1. The number of hydrogen-bond donors (Lipinski definition) is 1. The molecule has 0 radical (unpaired) electrons. The highest BCUT2D eigenvalue weighted by Crippen LogP contribution is 2.21. The van der Waals surface area contributed by atoms with Gasteiger partial charge in [-0.2, -0.15) is 0 Å². The van der Waals surface area contributed by atoms with Gasteiger partial charge in [-0.15, -0.1) is 0 Å². The zero-order chi connectivity index (χ0) is 13.3. The van der Waals surface area contributed by atoms with E-state index in [1.165, 1.54) is 0 Å². The molecular formula is C12H19N3O3. The monoisotopic (exact) mass is 253 g/mol. The number of nitrogens with one attached hydrogen (secondary N) is 1. The van der Waals surface area contributed by atoms with Gasteiger partial charge in [0.2, 0.25) is 17.7 Å². The first-order valence-electron chi connectivity index (χ1n) is 6.36. The van der Waals surface area contributed by atoms with Crippen LogP contribution < -0.4 is 5.32 Å². The zero-order valence-electron chi connectivity index (χ0n) is 10.8. The average molecular weight is 253 g/mol. The fraction of sp³-hybridized carbons (Fsp3) is 0.750. The maximum Gasteiger partial charge on any atom is 0.242 e. The van der Waals surface area contributed by atoms with Crippen molar-refractivity contribution in [1.29, 1.82) is 0 Å². The molecular weight excluding hydrogens is 234 g/mol. The van der Waals surface area contributed by atoms with Crippen molar-refractivity contribution >= 4 is 17.7 Å². The van der Waals surface area contributed by atoms with Crippen LogP contribution in [0.2, 0.25) is 0 Å². The molecule has 6 heteroatoms. The maximum atomic E-state index is 12.4. The van der Waals surface area contributed by atoms with Crippen molar-refractivity contribution in [1.82, 2.24) is 15.1 Å². The molecule has 0 aliphatic carbocycles. The molecule has 2 rings (SSSR count). The number of hydrogen-bond acceptors (Lipinski definition) is 3. The summed E-state index contributed by atoms with van der Waals surface area (Å²) in [6, 6.07) is -0.382. The second-order valence-corrected chi connectivity index (χ2v) is 4.92. The second kappa shape index (κ2) is 4.96. The number of piperazine rings is 1. The molecule has 2 unspecified atom stereocenters. The summed E-state index contributed by atoms with van der Waals surface area (Å²) in [5, 5.41) is 2.77. The van der Waals surface area contributed by atoms with Crippen LogP contribution >= 0.6 is 0 Å². The lowest BCUT2D eigenvalue weighted by atomic mass is 10.0. The molecule has 0 aromatic rings. The van der Waals surface area contributed by atoms with Crippen LogP contribution in [-0.2, 0) is 14.4 Å². The van der Waals surface area contributed by atoms with Crippen molar-refractivity contribution in [2.24, 2.45) is 5.92 Å². The van der Waals surface area contributed by atoms with Crippen molar-refractivity contribution in [3.63, 3.8) is 0 Å². The minimum atomic E-state index is -0.382. The lowest BCUT2D eigenvalue weighted by Gasteiger charge is -2.35. The Kier molecular flexibility index (Phi) is 3.54. The average Bonchev–Trinajstić information content (AvgIpc) is 2.68. The molecule has 100 valence electrons. The first-order chi connectivity index (χ1) is 8.54. The fourth-order valence-corrected chi connectivity index (χ4v) is 2.65. The molecule has 0 spiro atoms. The molecule has 0 aromatic carbocycles. The second-order valence-electron chi connectivity index (χ2n) is 4.92. The van der Waals surface area contributed by atoms with Gasteiger partial charge in [-0.25, -0.2) is 0 Å². The number of rotatable bonds is 2. The van der Waals surface area contributed by atoms with Gasteiger partial charge in [0.15, 0.2) is 0 Å². The molecule has 2 saturated heterocycles. The van der Waals surface area contributed by atoms with Gasteiger partial charge in [0.25, 0.3) is 0 Å². The molecule has 2 heterocycles. The van der Waals surface area contributed by atoms with Gasteiger partial charge < -0.3 is 15.1 Å². The number of amides is 3. The van der Waals surface area contributed by atoms with Gasteiger partial charge >= 0.3 is 0 Å². The summed E-state index contributed by atoms with van der Waals surface area (Å²) in [6.45, 7) is 3.39. The Hall–Kier alpha value is -1.59. The van der Waals surface area contributed by atoms with Crippen LogP contribution in [0.4, 0.5) is 0 Å². The fourth-order valence-electron chi connectivity index (χ4n) is 2.65. The molecule has 2 aliphatic heterocycles. The summed E-state index contributed by atoms with van der Waals surface area (Å²) in [5.74, 6) is -0.436. The molecule has 6 nitrogen and oxygen atoms in total. The Bertz CT molecular complexity index is 383. The molecule has 2 fully saturated rings. The number of carbonyl (C=O) groups excluding carboxylic acids is 3. The van der Waals surface area contributed by atoms with Crippen molar-refractivity contribution in [2.45, 2.75) is 25.8 Å². The third-order valence-corrected chi connectivity index (χ3v) is 3.69. The zero-order valence-corrected chi connectivity index (χ0v) is 10.8. The minimum Gasteiger partial charge on any atom is -0.353 e. The van der Waals surface area contributed by atoms with Crippen LogP contribution in [-0.4, -0.2) is 60.2 Å². The summed E-state index contributed by atoms with van der Waals surface area (Å²) in [5.41, 5.74) is 0. The third kappa shape index (κ3) is 2.19. The molecule has 3 amide bonds. The Morgan fingerprint density at radius 3 is 2.72 bits per heavy atom. The van der Waals surface area contributed by atoms with Crippen molar-refractivity contribution in [3.05, 3.63) is 0 Å². The van der Waals surface area contributed by atoms with Gasteiger partial charge in [-0.05, 0) is 6.42 Å². The van der Waals surface area contributed by atoms with E-state index in [4.69, 9.17) is 0 Å². The quantitative estimate of drug-likeness (QED) is 0.700. The van der Waals surface area contributed by atoms with Crippen LogP contribution in [0.15, 0.2) is 0 Å². The lowest BCUT2D eigenvalue weighted by molar-refractivity contribution is -0.146. The number of carbonyl (C=O) groups is 3. The molecule has 18 heavy (non-hydrogen) atoms. The molecule has 0 aromatic heterocycles. The van der Waals surface area contributed by atoms with E-state index in [1.807, 2.05) is 6.92 Å². The van der Waals surface area contributed by atoms with E-state index < -0.39 is 0 Å². The van der Waals surface area contributed by atoms with E-state index in [1.54, 1.807) is 16.8 Å². The van der Waals surface area contributed by atoms with E-state index >= 15 is 0 Å². The number of nitrogens with zero attached hydrogens (tertiary/aromatic N) is 2. The predicted octanol–water partition coefficient (Wildman–Crippen LogP) is -0.798. The summed E-state index contributed by atoms with van der Waals surface area (Å²) in [6.07, 6.45) is 0.873. The third-order valence-electron chi connectivity index (χ3n) is 3.69. The molecule has 0 saturated carbocycles. The van der Waals surface area contributed by atoms with Gasteiger partial charge in [0.1, 0.15) is 6.04 Å². The molecule has 0 bridgehead atoms. The van der Waals surface area contributed by atoms with Gasteiger partial charge in [-0.3, -0.25) is 14.4 Å². The molecule has 1 N–H and O–H groups in total. The minimum absolute atomic E-state index is 0.00265. The van der Waals surface area contributed by atoms with Gasteiger partial charge in [0.05, 0.1) is 5.92 Å². The SMILES string of the molecule is CCC1C(=O)NCCN1C(=O)C1CC(=O)N(C)C1. The lowest BCUT2D eigenvalue weighted by Crippen LogP contribution is -2.58. The van der Waals surface area contributed by atoms with Crippen molar-refractivity contribution in [2.75, 3.05) is 26.7 Å². The van der Waals surface area contributed by atoms with E-state index in [9.17, 15) is 14.4 Å². The topological polar surface area (TPSA) is 69.7 Å². The largest absolute Gasteiger partial charge is 0.353 e. The summed E-state index contributed by atoms with van der Waals surface area (Å²) < 4.78 is 0. The molecule has 2 atom stereocenters. The van der Waals surface area contributed by atoms with Gasteiger partial charge in [-0.1, -0.05) is 6.92 Å². The summed E-state index contributed by atoms with van der Waals surface area (Å²) in [7, 11) is 1.70.